The number of carbonyl (C=O) groups is 1. The van der Waals surface area contributed by atoms with Gasteiger partial charge in [-0.15, -0.1) is 0 Å². The molecule has 0 aromatic heterocycles. The highest BCUT2D eigenvalue weighted by molar-refractivity contribution is 6.31. The Balaban J connectivity index is 1.95. The van der Waals surface area contributed by atoms with E-state index in [0.29, 0.717) is 12.0 Å². The first kappa shape index (κ1) is 13.4. The van der Waals surface area contributed by atoms with E-state index in [-0.39, 0.29) is 11.8 Å². The molecule has 18 heavy (non-hydrogen) atoms. The molecule has 2 nitrogen and oxygen atoms in total. The first-order chi connectivity index (χ1) is 8.67. The third-order valence-corrected chi connectivity index (χ3v) is 4.11. The smallest absolute Gasteiger partial charge is 0.223 e. The van der Waals surface area contributed by atoms with E-state index in [2.05, 4.69) is 19.2 Å². The van der Waals surface area contributed by atoms with Crippen molar-refractivity contribution in [2.75, 3.05) is 0 Å². The van der Waals surface area contributed by atoms with Crippen molar-refractivity contribution in [1.82, 2.24) is 5.32 Å². The van der Waals surface area contributed by atoms with E-state index in [4.69, 9.17) is 11.6 Å². The molecule has 1 fully saturated rings. The van der Waals surface area contributed by atoms with Crippen LogP contribution < -0.4 is 5.32 Å². The Morgan fingerprint density at radius 3 is 2.67 bits per heavy atom. The zero-order chi connectivity index (χ0) is 13.1. The van der Waals surface area contributed by atoms with Gasteiger partial charge >= 0.3 is 0 Å². The molecular weight excluding hydrogens is 246 g/mol. The predicted molar refractivity (Wildman–Crippen MR) is 74.8 cm³/mol. The Kier molecular flexibility index (Phi) is 4.28. The quantitative estimate of drug-likeness (QED) is 0.863. The van der Waals surface area contributed by atoms with Gasteiger partial charge in [-0.05, 0) is 36.8 Å². The molecule has 1 aliphatic carbocycles. The molecule has 0 aliphatic heterocycles. The highest BCUT2D eigenvalue weighted by Crippen LogP contribution is 2.49. The number of carbonyl (C=O) groups excluding carboxylic acids is 1. The number of nitrogens with one attached hydrogen (secondary N) is 1. The van der Waals surface area contributed by atoms with Gasteiger partial charge in [-0.1, -0.05) is 43.6 Å². The second-order valence-corrected chi connectivity index (χ2v) is 5.40. The molecule has 1 aromatic rings. The number of amides is 1. The maximum Gasteiger partial charge on any atom is 0.223 e. The van der Waals surface area contributed by atoms with Gasteiger partial charge in [-0.3, -0.25) is 4.79 Å². The number of benzene rings is 1. The lowest BCUT2D eigenvalue weighted by atomic mass is 10.1. The normalized spacial score (nSPS) is 22.0. The van der Waals surface area contributed by atoms with E-state index in [9.17, 15) is 4.79 Å². The van der Waals surface area contributed by atoms with Crippen LogP contribution in [0.25, 0.3) is 0 Å². The molecule has 3 heteroatoms. The number of hydrogen-bond acceptors (Lipinski definition) is 1. The molecule has 0 spiro atoms. The molecule has 1 amide bonds. The van der Waals surface area contributed by atoms with Crippen molar-refractivity contribution in [3.05, 3.63) is 34.9 Å². The van der Waals surface area contributed by atoms with E-state index in [1.807, 2.05) is 24.3 Å². The SMILES string of the molecule is CCC(CC)NC(=O)C1CC1c1ccccc1Cl. The number of hydrogen-bond donors (Lipinski definition) is 1. The summed E-state index contributed by atoms with van der Waals surface area (Å²) >= 11 is 6.16. The molecule has 1 aliphatic rings. The fourth-order valence-corrected chi connectivity index (χ4v) is 2.68. The summed E-state index contributed by atoms with van der Waals surface area (Å²) in [6.07, 6.45) is 2.91. The van der Waals surface area contributed by atoms with Gasteiger partial charge in [-0.2, -0.15) is 0 Å². The summed E-state index contributed by atoms with van der Waals surface area (Å²) in [7, 11) is 0. The van der Waals surface area contributed by atoms with Crippen LogP contribution in [0.3, 0.4) is 0 Å². The molecule has 0 saturated heterocycles. The minimum Gasteiger partial charge on any atom is -0.353 e. The molecule has 2 rings (SSSR count). The highest BCUT2D eigenvalue weighted by atomic mass is 35.5. The summed E-state index contributed by atoms with van der Waals surface area (Å²) in [4.78, 5) is 12.1. The summed E-state index contributed by atoms with van der Waals surface area (Å²) in [5, 5.41) is 3.89. The van der Waals surface area contributed by atoms with Crippen molar-refractivity contribution in [3.8, 4) is 0 Å². The first-order valence-electron chi connectivity index (χ1n) is 6.72. The Bertz CT molecular complexity index is 428. The van der Waals surface area contributed by atoms with Crippen molar-refractivity contribution >= 4 is 17.5 Å². The molecule has 1 aromatic carbocycles. The van der Waals surface area contributed by atoms with Gasteiger partial charge in [0.15, 0.2) is 0 Å². The fourth-order valence-electron chi connectivity index (χ4n) is 2.41. The van der Waals surface area contributed by atoms with E-state index in [1.54, 1.807) is 0 Å². The second-order valence-electron chi connectivity index (χ2n) is 4.99. The summed E-state index contributed by atoms with van der Waals surface area (Å²) < 4.78 is 0. The van der Waals surface area contributed by atoms with Crippen molar-refractivity contribution in [1.29, 1.82) is 0 Å². The largest absolute Gasteiger partial charge is 0.353 e. The Hall–Kier alpha value is -1.02. The average Bonchev–Trinajstić information content (AvgIpc) is 3.16. The van der Waals surface area contributed by atoms with Crippen LogP contribution in [0, 0.1) is 5.92 Å². The zero-order valence-corrected chi connectivity index (χ0v) is 11.7. The lowest BCUT2D eigenvalue weighted by Gasteiger charge is -2.14. The van der Waals surface area contributed by atoms with Gasteiger partial charge in [0.25, 0.3) is 0 Å². The van der Waals surface area contributed by atoms with E-state index in [1.165, 1.54) is 0 Å². The lowest BCUT2D eigenvalue weighted by molar-refractivity contribution is -0.123. The zero-order valence-electron chi connectivity index (χ0n) is 10.9. The van der Waals surface area contributed by atoms with Gasteiger partial charge in [0.1, 0.15) is 0 Å². The van der Waals surface area contributed by atoms with Crippen LogP contribution in [-0.2, 0) is 4.79 Å². The third kappa shape index (κ3) is 2.86. The minimum absolute atomic E-state index is 0.116. The average molecular weight is 266 g/mol. The van der Waals surface area contributed by atoms with Crippen LogP contribution in [0.4, 0.5) is 0 Å². The molecule has 2 atom stereocenters. The van der Waals surface area contributed by atoms with Crippen LogP contribution >= 0.6 is 11.6 Å². The topological polar surface area (TPSA) is 29.1 Å². The van der Waals surface area contributed by atoms with Crippen LogP contribution in [0.2, 0.25) is 5.02 Å². The van der Waals surface area contributed by atoms with Crippen molar-refractivity contribution < 1.29 is 4.79 Å². The number of halogens is 1. The summed E-state index contributed by atoms with van der Waals surface area (Å²) in [6, 6.07) is 8.13. The minimum atomic E-state index is 0.116. The molecule has 1 N–H and O–H groups in total. The number of rotatable bonds is 5. The van der Waals surface area contributed by atoms with E-state index >= 15 is 0 Å². The van der Waals surface area contributed by atoms with Crippen molar-refractivity contribution in [3.63, 3.8) is 0 Å². The van der Waals surface area contributed by atoms with Crippen molar-refractivity contribution in [2.45, 2.75) is 45.1 Å². The summed E-state index contributed by atoms with van der Waals surface area (Å²) in [6.45, 7) is 4.21. The summed E-state index contributed by atoms with van der Waals surface area (Å²) in [5.74, 6) is 0.618. The lowest BCUT2D eigenvalue weighted by Crippen LogP contribution is -2.35. The van der Waals surface area contributed by atoms with Gasteiger partial charge in [0.2, 0.25) is 5.91 Å². The molecule has 98 valence electrons. The van der Waals surface area contributed by atoms with Gasteiger partial charge in [-0.25, -0.2) is 0 Å². The molecular formula is C15H20ClNO. The monoisotopic (exact) mass is 265 g/mol. The molecule has 2 unspecified atom stereocenters. The molecule has 0 bridgehead atoms. The van der Waals surface area contributed by atoms with Gasteiger partial charge in [0.05, 0.1) is 0 Å². The Morgan fingerprint density at radius 2 is 2.06 bits per heavy atom. The van der Waals surface area contributed by atoms with Crippen molar-refractivity contribution in [2.24, 2.45) is 5.92 Å². The summed E-state index contributed by atoms with van der Waals surface area (Å²) in [5.41, 5.74) is 1.11. The predicted octanol–water partition coefficient (Wildman–Crippen LogP) is 3.75. The first-order valence-corrected chi connectivity index (χ1v) is 7.09. The molecule has 0 radical (unpaired) electrons. The standard InChI is InChI=1S/C15H20ClNO/c1-3-10(4-2)17-15(18)13-9-12(13)11-7-5-6-8-14(11)16/h5-8,10,12-13H,3-4,9H2,1-2H3,(H,17,18). The fraction of sp³-hybridized carbons (Fsp3) is 0.533. The van der Waals surface area contributed by atoms with Crippen LogP contribution in [0.15, 0.2) is 24.3 Å². The maximum atomic E-state index is 12.1. The molecule has 1 saturated carbocycles. The second kappa shape index (κ2) is 5.75. The maximum absolute atomic E-state index is 12.1. The van der Waals surface area contributed by atoms with Gasteiger partial charge in [0, 0.05) is 17.0 Å². The highest BCUT2D eigenvalue weighted by Gasteiger charge is 2.44. The van der Waals surface area contributed by atoms with Crippen LogP contribution in [0.5, 0.6) is 0 Å². The van der Waals surface area contributed by atoms with Gasteiger partial charge < -0.3 is 5.32 Å². The van der Waals surface area contributed by atoms with Crippen LogP contribution in [0.1, 0.15) is 44.6 Å². The van der Waals surface area contributed by atoms with E-state index < -0.39 is 0 Å². The van der Waals surface area contributed by atoms with E-state index in [0.717, 1.165) is 29.8 Å². The van der Waals surface area contributed by atoms with Crippen LogP contribution in [-0.4, -0.2) is 11.9 Å². The Morgan fingerprint density at radius 1 is 1.39 bits per heavy atom. The Labute approximate surface area is 114 Å². The molecule has 0 heterocycles. The third-order valence-electron chi connectivity index (χ3n) is 3.76.